The zero-order chi connectivity index (χ0) is 12.3. The van der Waals surface area contributed by atoms with Gasteiger partial charge in [0, 0.05) is 12.1 Å². The van der Waals surface area contributed by atoms with Crippen LogP contribution in [0.3, 0.4) is 0 Å². The first-order chi connectivity index (χ1) is 8.15. The Morgan fingerprint density at radius 1 is 1.53 bits per heavy atom. The van der Waals surface area contributed by atoms with E-state index in [-0.39, 0.29) is 0 Å². The smallest absolute Gasteiger partial charge is 0.188 e. The molecule has 1 saturated carbocycles. The molecule has 0 aromatic carbocycles. The first-order valence-electron chi connectivity index (χ1n) is 5.62. The van der Waals surface area contributed by atoms with Crippen molar-refractivity contribution in [2.45, 2.75) is 25.8 Å². The molecule has 1 fully saturated rings. The molecule has 94 valence electrons. The Kier molecular flexibility index (Phi) is 4.54. The number of nitrogens with one attached hydrogen (secondary N) is 1. The Balaban J connectivity index is 1.80. The molecule has 2 rings (SSSR count). The monoisotopic (exact) mass is 291 g/mol. The summed E-state index contributed by atoms with van der Waals surface area (Å²) >= 11 is 13.2. The quantitative estimate of drug-likeness (QED) is 0.661. The molecule has 0 spiro atoms. The largest absolute Gasteiger partial charge is 0.370 e. The highest BCUT2D eigenvalue weighted by Crippen LogP contribution is 2.31. The minimum atomic E-state index is 0.478. The number of nitrogens with zero attached hydrogens (tertiary/aromatic N) is 1. The Hall–Kier alpha value is -0.450. The van der Waals surface area contributed by atoms with Crippen LogP contribution in [0.4, 0.5) is 0 Å². The summed E-state index contributed by atoms with van der Waals surface area (Å²) in [5.74, 6) is 1.25. The van der Waals surface area contributed by atoms with Gasteiger partial charge in [0.05, 0.1) is 15.2 Å². The van der Waals surface area contributed by atoms with Crippen LogP contribution in [0.1, 0.15) is 24.8 Å². The minimum absolute atomic E-state index is 0.478. The van der Waals surface area contributed by atoms with Crippen LogP contribution in [0.2, 0.25) is 8.67 Å². The molecule has 1 heterocycles. The third-order valence-corrected chi connectivity index (χ3v) is 4.51. The average Bonchev–Trinajstić information content (AvgIpc) is 2.52. The molecular formula is C11H15Cl2N3S. The van der Waals surface area contributed by atoms with E-state index in [1.807, 2.05) is 6.07 Å². The molecule has 17 heavy (non-hydrogen) atoms. The van der Waals surface area contributed by atoms with E-state index in [9.17, 15) is 0 Å². The molecule has 1 aliphatic rings. The van der Waals surface area contributed by atoms with Gasteiger partial charge in [-0.1, -0.05) is 29.6 Å². The van der Waals surface area contributed by atoms with E-state index in [1.165, 1.54) is 30.6 Å². The molecule has 6 heteroatoms. The number of aliphatic imine (C=N–C) groups is 1. The Morgan fingerprint density at radius 3 is 2.82 bits per heavy atom. The molecule has 1 aromatic rings. The molecule has 0 atom stereocenters. The molecular weight excluding hydrogens is 277 g/mol. The zero-order valence-corrected chi connectivity index (χ0v) is 11.7. The number of hydrogen-bond donors (Lipinski definition) is 2. The predicted molar refractivity (Wildman–Crippen MR) is 75.0 cm³/mol. The van der Waals surface area contributed by atoms with E-state index < -0.39 is 0 Å². The van der Waals surface area contributed by atoms with Crippen LogP contribution in [0, 0.1) is 5.92 Å². The van der Waals surface area contributed by atoms with Gasteiger partial charge in [-0.3, -0.25) is 0 Å². The summed E-state index contributed by atoms with van der Waals surface area (Å²) in [6.07, 6.45) is 3.94. The van der Waals surface area contributed by atoms with Crippen molar-refractivity contribution in [2.75, 3.05) is 6.54 Å². The number of nitrogens with two attached hydrogens (primary N) is 1. The topological polar surface area (TPSA) is 50.4 Å². The summed E-state index contributed by atoms with van der Waals surface area (Å²) in [5, 5.41) is 3.14. The molecule has 0 amide bonds. The van der Waals surface area contributed by atoms with Gasteiger partial charge in [-0.2, -0.15) is 0 Å². The summed E-state index contributed by atoms with van der Waals surface area (Å²) in [6, 6.07) is 1.83. The second-order valence-electron chi connectivity index (χ2n) is 4.23. The van der Waals surface area contributed by atoms with Crippen molar-refractivity contribution in [1.82, 2.24) is 5.32 Å². The maximum Gasteiger partial charge on any atom is 0.188 e. The van der Waals surface area contributed by atoms with E-state index in [1.54, 1.807) is 0 Å². The maximum atomic E-state index is 5.99. The normalized spacial score (nSPS) is 16.9. The molecule has 0 radical (unpaired) electrons. The standard InChI is InChI=1S/C11H15Cl2N3S/c12-9-4-8(10(13)17-9)6-16-11(14)15-5-7-2-1-3-7/h4,7H,1-3,5-6H2,(H3,14,15,16). The fourth-order valence-electron chi connectivity index (χ4n) is 1.65. The minimum Gasteiger partial charge on any atom is -0.370 e. The van der Waals surface area contributed by atoms with Crippen LogP contribution < -0.4 is 11.1 Å². The molecule has 3 N–H and O–H groups in total. The van der Waals surface area contributed by atoms with E-state index in [0.29, 0.717) is 21.2 Å². The summed E-state index contributed by atoms with van der Waals surface area (Å²) in [7, 11) is 0. The van der Waals surface area contributed by atoms with Crippen LogP contribution in [0.5, 0.6) is 0 Å². The van der Waals surface area contributed by atoms with Gasteiger partial charge in [0.1, 0.15) is 0 Å². The maximum absolute atomic E-state index is 5.99. The van der Waals surface area contributed by atoms with Crippen LogP contribution in [0.15, 0.2) is 11.1 Å². The summed E-state index contributed by atoms with van der Waals surface area (Å²) in [4.78, 5) is 4.25. The van der Waals surface area contributed by atoms with Crippen molar-refractivity contribution in [3.05, 3.63) is 20.3 Å². The van der Waals surface area contributed by atoms with Gasteiger partial charge in [-0.05, 0) is 24.8 Å². The van der Waals surface area contributed by atoms with Gasteiger partial charge in [0.2, 0.25) is 0 Å². The third-order valence-electron chi connectivity index (χ3n) is 2.94. The van der Waals surface area contributed by atoms with Crippen LogP contribution in [-0.2, 0) is 6.54 Å². The lowest BCUT2D eigenvalue weighted by molar-refractivity contribution is 0.315. The SMILES string of the molecule is NC(=NCc1cc(Cl)sc1Cl)NCC1CCC1. The van der Waals surface area contributed by atoms with Crippen LogP contribution in [-0.4, -0.2) is 12.5 Å². The lowest BCUT2D eigenvalue weighted by Crippen LogP contribution is -2.37. The molecule has 0 saturated heterocycles. The van der Waals surface area contributed by atoms with Gasteiger partial charge < -0.3 is 11.1 Å². The van der Waals surface area contributed by atoms with Crippen molar-refractivity contribution in [1.29, 1.82) is 0 Å². The van der Waals surface area contributed by atoms with Gasteiger partial charge >= 0.3 is 0 Å². The highest BCUT2D eigenvalue weighted by Gasteiger charge is 2.16. The van der Waals surface area contributed by atoms with E-state index >= 15 is 0 Å². The van der Waals surface area contributed by atoms with Crippen molar-refractivity contribution < 1.29 is 0 Å². The van der Waals surface area contributed by atoms with Crippen molar-refractivity contribution in [2.24, 2.45) is 16.6 Å². The van der Waals surface area contributed by atoms with Gasteiger partial charge in [0.15, 0.2) is 5.96 Å². The summed E-state index contributed by atoms with van der Waals surface area (Å²) in [6.45, 7) is 1.40. The van der Waals surface area contributed by atoms with Crippen molar-refractivity contribution >= 4 is 40.5 Å². The highest BCUT2D eigenvalue weighted by atomic mass is 35.5. The third kappa shape index (κ3) is 3.76. The number of hydrogen-bond acceptors (Lipinski definition) is 2. The molecule has 0 bridgehead atoms. The number of guanidine groups is 1. The Morgan fingerprint density at radius 2 is 2.29 bits per heavy atom. The molecule has 1 aliphatic carbocycles. The van der Waals surface area contributed by atoms with Gasteiger partial charge in [0.25, 0.3) is 0 Å². The average molecular weight is 292 g/mol. The van der Waals surface area contributed by atoms with E-state index in [2.05, 4.69) is 10.3 Å². The van der Waals surface area contributed by atoms with Crippen LogP contribution >= 0.6 is 34.5 Å². The van der Waals surface area contributed by atoms with E-state index in [0.717, 1.165) is 18.0 Å². The van der Waals surface area contributed by atoms with Gasteiger partial charge in [-0.15, -0.1) is 11.3 Å². The molecule has 0 aliphatic heterocycles. The second-order valence-corrected chi connectivity index (χ2v) is 6.51. The number of rotatable bonds is 4. The van der Waals surface area contributed by atoms with Crippen molar-refractivity contribution in [3.63, 3.8) is 0 Å². The number of halogens is 2. The molecule has 0 unspecified atom stereocenters. The van der Waals surface area contributed by atoms with Crippen LogP contribution in [0.25, 0.3) is 0 Å². The van der Waals surface area contributed by atoms with E-state index in [4.69, 9.17) is 28.9 Å². The highest BCUT2D eigenvalue weighted by molar-refractivity contribution is 7.20. The Bertz CT molecular complexity index is 413. The lowest BCUT2D eigenvalue weighted by atomic mass is 9.85. The van der Waals surface area contributed by atoms with Crippen molar-refractivity contribution in [3.8, 4) is 0 Å². The predicted octanol–water partition coefficient (Wildman–Crippen LogP) is 3.26. The van der Waals surface area contributed by atoms with Gasteiger partial charge in [-0.25, -0.2) is 4.99 Å². The number of thiophene rings is 1. The summed E-state index contributed by atoms with van der Waals surface area (Å²) in [5.41, 5.74) is 6.70. The zero-order valence-electron chi connectivity index (χ0n) is 9.38. The first-order valence-corrected chi connectivity index (χ1v) is 7.20. The fraction of sp³-hybridized carbons (Fsp3) is 0.545. The molecule has 3 nitrogen and oxygen atoms in total. The lowest BCUT2D eigenvalue weighted by Gasteiger charge is -2.25. The molecule has 1 aromatic heterocycles. The fourth-order valence-corrected chi connectivity index (χ4v) is 3.13. The summed E-state index contributed by atoms with van der Waals surface area (Å²) < 4.78 is 1.37. The first kappa shape index (κ1) is 13.0. The Labute approximate surface area is 115 Å². The second kappa shape index (κ2) is 5.94.